The van der Waals surface area contributed by atoms with Crippen molar-refractivity contribution < 1.29 is 9.53 Å². The van der Waals surface area contributed by atoms with Crippen molar-refractivity contribution in [3.63, 3.8) is 0 Å². The Balaban J connectivity index is 2.50. The van der Waals surface area contributed by atoms with E-state index in [2.05, 4.69) is 16.9 Å². The van der Waals surface area contributed by atoms with Gasteiger partial charge in [0.2, 0.25) is 0 Å². The van der Waals surface area contributed by atoms with Crippen LogP contribution in [-0.4, -0.2) is 40.3 Å². The van der Waals surface area contributed by atoms with Crippen LogP contribution in [0.2, 0.25) is 0 Å². The number of rotatable bonds is 7. The molecule has 1 heterocycles. The third-order valence-corrected chi connectivity index (χ3v) is 2.36. The van der Waals surface area contributed by atoms with E-state index >= 15 is 0 Å². The summed E-state index contributed by atoms with van der Waals surface area (Å²) in [6.07, 6.45) is 4.81. The molecule has 0 aromatic carbocycles. The second-order valence-corrected chi connectivity index (χ2v) is 4.04. The number of ether oxygens (including phenoxy) is 1. The fourth-order valence-electron chi connectivity index (χ4n) is 1.73. The second kappa shape index (κ2) is 7.06. The van der Waals surface area contributed by atoms with Gasteiger partial charge in [0.25, 0.3) is 0 Å². The van der Waals surface area contributed by atoms with E-state index in [4.69, 9.17) is 4.74 Å². The van der Waals surface area contributed by atoms with Crippen molar-refractivity contribution in [2.75, 3.05) is 19.7 Å². The minimum absolute atomic E-state index is 0.162. The molecule has 5 heteroatoms. The number of aromatic nitrogens is 2. The number of carbonyl (C=O) groups is 1. The zero-order valence-corrected chi connectivity index (χ0v) is 10.8. The minimum atomic E-state index is -0.162. The van der Waals surface area contributed by atoms with Crippen LogP contribution >= 0.6 is 0 Å². The molecule has 0 saturated heterocycles. The highest BCUT2D eigenvalue weighted by Gasteiger charge is 2.11. The van der Waals surface area contributed by atoms with Gasteiger partial charge in [-0.1, -0.05) is 6.92 Å². The summed E-state index contributed by atoms with van der Waals surface area (Å²) in [5, 5.41) is 4.12. The van der Waals surface area contributed by atoms with Gasteiger partial charge in [0.1, 0.15) is 0 Å². The van der Waals surface area contributed by atoms with Crippen LogP contribution in [0.1, 0.15) is 25.8 Å². The molecule has 96 valence electrons. The maximum atomic E-state index is 11.4. The summed E-state index contributed by atoms with van der Waals surface area (Å²) in [7, 11) is 1.89. The van der Waals surface area contributed by atoms with Crippen molar-refractivity contribution in [2.45, 2.75) is 26.8 Å². The van der Waals surface area contributed by atoms with Crippen molar-refractivity contribution in [2.24, 2.45) is 7.05 Å². The van der Waals surface area contributed by atoms with Crippen LogP contribution in [0, 0.1) is 0 Å². The summed E-state index contributed by atoms with van der Waals surface area (Å²) in [4.78, 5) is 13.5. The van der Waals surface area contributed by atoms with Gasteiger partial charge in [-0.3, -0.25) is 14.4 Å². The van der Waals surface area contributed by atoms with E-state index in [0.717, 1.165) is 25.1 Å². The predicted molar refractivity (Wildman–Crippen MR) is 65.4 cm³/mol. The third-order valence-electron chi connectivity index (χ3n) is 2.36. The molecule has 1 rings (SSSR count). The van der Waals surface area contributed by atoms with E-state index in [1.165, 1.54) is 0 Å². The van der Waals surface area contributed by atoms with Gasteiger partial charge in [-0.25, -0.2) is 0 Å². The number of carbonyl (C=O) groups excluding carboxylic acids is 1. The molecule has 0 N–H and O–H groups in total. The molecule has 0 unspecified atom stereocenters. The molecule has 17 heavy (non-hydrogen) atoms. The van der Waals surface area contributed by atoms with Gasteiger partial charge >= 0.3 is 5.97 Å². The quantitative estimate of drug-likeness (QED) is 0.671. The number of aryl methyl sites for hydroxylation is 1. The standard InChI is InChI=1S/C12H21N3O2/c1-4-6-15(10-12(16)17-5-2)9-11-7-13-14(3)8-11/h7-8H,4-6,9-10H2,1-3H3. The molecule has 0 bridgehead atoms. The first-order valence-electron chi connectivity index (χ1n) is 6.01. The average molecular weight is 239 g/mol. The zero-order chi connectivity index (χ0) is 12.7. The van der Waals surface area contributed by atoms with Crippen LogP contribution in [-0.2, 0) is 23.1 Å². The van der Waals surface area contributed by atoms with Gasteiger partial charge in [0, 0.05) is 25.4 Å². The predicted octanol–water partition coefficient (Wildman–Crippen LogP) is 1.20. The van der Waals surface area contributed by atoms with Crippen LogP contribution in [0.5, 0.6) is 0 Å². The highest BCUT2D eigenvalue weighted by molar-refractivity contribution is 5.71. The first-order chi connectivity index (χ1) is 8.15. The monoisotopic (exact) mass is 239 g/mol. The third kappa shape index (κ3) is 4.99. The summed E-state index contributed by atoms with van der Waals surface area (Å²) < 4.78 is 6.73. The maximum Gasteiger partial charge on any atom is 0.320 e. The van der Waals surface area contributed by atoms with E-state index in [9.17, 15) is 4.79 Å². The largest absolute Gasteiger partial charge is 0.465 e. The molecule has 0 saturated carbocycles. The molecular formula is C12H21N3O2. The van der Waals surface area contributed by atoms with Crippen molar-refractivity contribution in [3.8, 4) is 0 Å². The van der Waals surface area contributed by atoms with E-state index in [0.29, 0.717) is 13.2 Å². The van der Waals surface area contributed by atoms with Gasteiger partial charge in [-0.15, -0.1) is 0 Å². The molecule has 1 aromatic rings. The van der Waals surface area contributed by atoms with E-state index < -0.39 is 0 Å². The molecule has 0 fully saturated rings. The summed E-state index contributed by atoms with van der Waals surface area (Å²) in [6.45, 7) is 6.32. The molecule has 0 spiro atoms. The smallest absolute Gasteiger partial charge is 0.320 e. The number of esters is 1. The Morgan fingerprint density at radius 3 is 2.82 bits per heavy atom. The Labute approximate surface area is 102 Å². The normalized spacial score (nSPS) is 10.8. The van der Waals surface area contributed by atoms with Crippen LogP contribution < -0.4 is 0 Å². The highest BCUT2D eigenvalue weighted by Crippen LogP contribution is 2.04. The average Bonchev–Trinajstić information content (AvgIpc) is 2.64. The molecule has 0 radical (unpaired) electrons. The molecular weight excluding hydrogens is 218 g/mol. The van der Waals surface area contributed by atoms with Crippen molar-refractivity contribution in [1.29, 1.82) is 0 Å². The van der Waals surface area contributed by atoms with E-state index in [1.54, 1.807) is 4.68 Å². The number of hydrogen-bond donors (Lipinski definition) is 0. The number of hydrogen-bond acceptors (Lipinski definition) is 4. The topological polar surface area (TPSA) is 47.4 Å². The minimum Gasteiger partial charge on any atom is -0.465 e. The van der Waals surface area contributed by atoms with E-state index in [-0.39, 0.29) is 5.97 Å². The van der Waals surface area contributed by atoms with Gasteiger partial charge < -0.3 is 4.74 Å². The number of nitrogens with zero attached hydrogens (tertiary/aromatic N) is 3. The van der Waals surface area contributed by atoms with Gasteiger partial charge in [-0.05, 0) is 19.9 Å². The molecule has 0 aliphatic rings. The van der Waals surface area contributed by atoms with Gasteiger partial charge in [0.15, 0.2) is 0 Å². The highest BCUT2D eigenvalue weighted by atomic mass is 16.5. The van der Waals surface area contributed by atoms with Crippen molar-refractivity contribution in [1.82, 2.24) is 14.7 Å². The lowest BCUT2D eigenvalue weighted by Crippen LogP contribution is -2.31. The molecule has 0 atom stereocenters. The van der Waals surface area contributed by atoms with Crippen LogP contribution in [0.25, 0.3) is 0 Å². The molecule has 1 aromatic heterocycles. The maximum absolute atomic E-state index is 11.4. The molecule has 5 nitrogen and oxygen atoms in total. The molecule has 0 aliphatic heterocycles. The van der Waals surface area contributed by atoms with Crippen molar-refractivity contribution >= 4 is 5.97 Å². The second-order valence-electron chi connectivity index (χ2n) is 4.04. The first kappa shape index (κ1) is 13.7. The molecule has 0 amide bonds. The SMILES string of the molecule is CCCN(CC(=O)OCC)Cc1cnn(C)c1. The fourth-order valence-corrected chi connectivity index (χ4v) is 1.73. The Morgan fingerprint density at radius 1 is 1.53 bits per heavy atom. The van der Waals surface area contributed by atoms with Gasteiger partial charge in [-0.2, -0.15) is 5.10 Å². The van der Waals surface area contributed by atoms with Crippen LogP contribution in [0.15, 0.2) is 12.4 Å². The van der Waals surface area contributed by atoms with E-state index in [1.807, 2.05) is 26.4 Å². The Bertz CT molecular complexity index is 349. The summed E-state index contributed by atoms with van der Waals surface area (Å²) in [6, 6.07) is 0. The summed E-state index contributed by atoms with van der Waals surface area (Å²) >= 11 is 0. The Morgan fingerprint density at radius 2 is 2.29 bits per heavy atom. The van der Waals surface area contributed by atoms with Crippen LogP contribution in [0.4, 0.5) is 0 Å². The zero-order valence-electron chi connectivity index (χ0n) is 10.8. The van der Waals surface area contributed by atoms with Crippen LogP contribution in [0.3, 0.4) is 0 Å². The van der Waals surface area contributed by atoms with Crippen molar-refractivity contribution in [3.05, 3.63) is 18.0 Å². The molecule has 0 aliphatic carbocycles. The summed E-state index contributed by atoms with van der Waals surface area (Å²) in [5.74, 6) is -0.162. The lowest BCUT2D eigenvalue weighted by molar-refractivity contribution is -0.144. The lowest BCUT2D eigenvalue weighted by Gasteiger charge is -2.19. The fraction of sp³-hybridized carbons (Fsp3) is 0.667. The first-order valence-corrected chi connectivity index (χ1v) is 6.01. The lowest BCUT2D eigenvalue weighted by atomic mass is 10.3. The Hall–Kier alpha value is -1.36. The Kier molecular flexibility index (Phi) is 5.69. The van der Waals surface area contributed by atoms with Gasteiger partial charge in [0.05, 0.1) is 19.3 Å². The summed E-state index contributed by atoms with van der Waals surface area (Å²) in [5.41, 5.74) is 1.12.